The Morgan fingerprint density at radius 1 is 0.789 bits per heavy atom. The first-order valence-corrected chi connectivity index (χ1v) is 4.68. The van der Waals surface area contributed by atoms with E-state index in [9.17, 15) is 35.1 Å². The van der Waals surface area contributed by atoms with E-state index in [-0.39, 0.29) is 18.2 Å². The molecule has 19 heavy (non-hydrogen) atoms. The topological polar surface area (TPSA) is 20.2 Å². The summed E-state index contributed by atoms with van der Waals surface area (Å²) in [7, 11) is 0. The molecule has 1 nitrogen and oxygen atoms in total. The lowest BCUT2D eigenvalue weighted by Gasteiger charge is -2.16. The number of aliphatic hydroxyl groups excluding tert-OH is 1. The van der Waals surface area contributed by atoms with Crippen LogP contribution in [0.15, 0.2) is 18.2 Å². The number of benzene rings is 1. The Morgan fingerprint density at radius 2 is 1.16 bits per heavy atom. The van der Waals surface area contributed by atoms with Crippen LogP contribution >= 0.6 is 0 Å². The Morgan fingerprint density at radius 3 is 1.42 bits per heavy atom. The molecule has 1 atom stereocenters. The van der Waals surface area contributed by atoms with E-state index in [1.54, 1.807) is 0 Å². The molecular weight excluding hydrogens is 288 g/mol. The molecule has 1 aromatic rings. The van der Waals surface area contributed by atoms with Crippen molar-refractivity contribution in [2.45, 2.75) is 24.9 Å². The minimum absolute atomic E-state index is 0.0616. The van der Waals surface area contributed by atoms with Crippen LogP contribution in [-0.2, 0) is 12.4 Å². The predicted molar refractivity (Wildman–Crippen MR) is 47.4 cm³/mol. The summed E-state index contributed by atoms with van der Waals surface area (Å²) < 4.78 is 98.5. The van der Waals surface area contributed by atoms with Gasteiger partial charge in [-0.1, -0.05) is 0 Å². The zero-order chi connectivity index (χ0) is 15.0. The van der Waals surface area contributed by atoms with Crippen molar-refractivity contribution in [1.29, 1.82) is 0 Å². The maximum Gasteiger partial charge on any atom is 0.416 e. The minimum atomic E-state index is -5.14. The molecule has 0 radical (unpaired) electrons. The van der Waals surface area contributed by atoms with Crippen LogP contribution in [0.3, 0.4) is 0 Å². The Balaban J connectivity index is 3.41. The molecular formula is C10H6F8O. The fourth-order valence-electron chi connectivity index (χ4n) is 1.30. The van der Waals surface area contributed by atoms with Crippen molar-refractivity contribution in [3.8, 4) is 0 Å². The zero-order valence-electron chi connectivity index (χ0n) is 8.86. The molecule has 1 rings (SSSR count). The molecule has 0 amide bonds. The molecule has 1 unspecified atom stereocenters. The quantitative estimate of drug-likeness (QED) is 0.817. The van der Waals surface area contributed by atoms with Crippen LogP contribution in [0.25, 0.3) is 0 Å². The maximum absolute atomic E-state index is 12.4. The standard InChI is InChI=1S/C10H6F8O/c11-8(12)7(19)4-1-5(9(13,14)15)3-6(2-4)10(16,17)18/h1-3,7-8,19H. The van der Waals surface area contributed by atoms with E-state index in [0.717, 1.165) is 0 Å². The van der Waals surface area contributed by atoms with Crippen molar-refractivity contribution in [2.24, 2.45) is 0 Å². The van der Waals surface area contributed by atoms with E-state index >= 15 is 0 Å². The zero-order valence-corrected chi connectivity index (χ0v) is 8.86. The number of rotatable bonds is 2. The van der Waals surface area contributed by atoms with Crippen LogP contribution in [-0.4, -0.2) is 11.5 Å². The third kappa shape index (κ3) is 3.79. The molecule has 0 aromatic heterocycles. The highest BCUT2D eigenvalue weighted by molar-refractivity contribution is 5.34. The van der Waals surface area contributed by atoms with Crippen LogP contribution in [0, 0.1) is 0 Å². The minimum Gasteiger partial charge on any atom is -0.382 e. The van der Waals surface area contributed by atoms with Crippen molar-refractivity contribution in [1.82, 2.24) is 0 Å². The van der Waals surface area contributed by atoms with Gasteiger partial charge >= 0.3 is 12.4 Å². The van der Waals surface area contributed by atoms with Crippen LogP contribution < -0.4 is 0 Å². The molecule has 0 aliphatic rings. The Kier molecular flexibility index (Phi) is 4.08. The summed E-state index contributed by atoms with van der Waals surface area (Å²) in [6.45, 7) is 0. The summed E-state index contributed by atoms with van der Waals surface area (Å²) in [5.74, 6) is 0. The molecule has 0 bridgehead atoms. The summed E-state index contributed by atoms with van der Waals surface area (Å²) >= 11 is 0. The van der Waals surface area contributed by atoms with E-state index in [0.29, 0.717) is 0 Å². The van der Waals surface area contributed by atoms with Gasteiger partial charge in [-0.2, -0.15) is 26.3 Å². The van der Waals surface area contributed by atoms with Crippen LogP contribution in [0.2, 0.25) is 0 Å². The molecule has 9 heteroatoms. The lowest BCUT2D eigenvalue weighted by molar-refractivity contribution is -0.143. The largest absolute Gasteiger partial charge is 0.416 e. The highest BCUT2D eigenvalue weighted by Crippen LogP contribution is 2.38. The summed E-state index contributed by atoms with van der Waals surface area (Å²) in [6, 6.07) is -0.0835. The van der Waals surface area contributed by atoms with E-state index in [4.69, 9.17) is 5.11 Å². The third-order valence-corrected chi connectivity index (χ3v) is 2.19. The van der Waals surface area contributed by atoms with Gasteiger partial charge in [-0.3, -0.25) is 0 Å². The van der Waals surface area contributed by atoms with Crippen molar-refractivity contribution in [3.05, 3.63) is 34.9 Å². The average molecular weight is 294 g/mol. The van der Waals surface area contributed by atoms with E-state index in [1.165, 1.54) is 0 Å². The molecule has 108 valence electrons. The first kappa shape index (κ1) is 15.7. The lowest BCUT2D eigenvalue weighted by atomic mass is 10.0. The Bertz CT molecular complexity index is 416. The summed E-state index contributed by atoms with van der Waals surface area (Å²) in [5.41, 5.74) is -4.65. The number of aliphatic hydroxyl groups is 1. The second-order valence-electron chi connectivity index (χ2n) is 3.62. The van der Waals surface area contributed by atoms with Gasteiger partial charge in [-0.15, -0.1) is 0 Å². The van der Waals surface area contributed by atoms with Gasteiger partial charge in [0.1, 0.15) is 6.10 Å². The monoisotopic (exact) mass is 294 g/mol. The molecule has 0 saturated carbocycles. The Labute approximate surface area is 101 Å². The summed E-state index contributed by atoms with van der Waals surface area (Å²) in [5, 5.41) is 8.89. The highest BCUT2D eigenvalue weighted by atomic mass is 19.4. The Hall–Kier alpha value is -1.38. The molecule has 0 saturated heterocycles. The molecule has 0 aliphatic carbocycles. The molecule has 0 heterocycles. The molecule has 1 N–H and O–H groups in total. The van der Waals surface area contributed by atoms with Crippen molar-refractivity contribution < 1.29 is 40.2 Å². The van der Waals surface area contributed by atoms with Crippen molar-refractivity contribution >= 4 is 0 Å². The van der Waals surface area contributed by atoms with Crippen molar-refractivity contribution in [2.75, 3.05) is 0 Å². The number of alkyl halides is 8. The van der Waals surface area contributed by atoms with Gasteiger partial charge in [0.15, 0.2) is 0 Å². The first-order valence-electron chi connectivity index (χ1n) is 4.68. The van der Waals surface area contributed by atoms with Crippen molar-refractivity contribution in [3.63, 3.8) is 0 Å². The summed E-state index contributed by atoms with van der Waals surface area (Å²) in [6.07, 6.45) is -16.5. The smallest absolute Gasteiger partial charge is 0.382 e. The van der Waals surface area contributed by atoms with Gasteiger partial charge in [0.05, 0.1) is 11.1 Å². The second kappa shape index (κ2) is 4.95. The number of hydrogen-bond donors (Lipinski definition) is 1. The fraction of sp³-hybridized carbons (Fsp3) is 0.400. The van der Waals surface area contributed by atoms with Crippen LogP contribution in [0.5, 0.6) is 0 Å². The molecule has 0 fully saturated rings. The fourth-order valence-corrected chi connectivity index (χ4v) is 1.30. The van der Waals surface area contributed by atoms with Gasteiger partial charge in [0.25, 0.3) is 6.43 Å². The highest BCUT2D eigenvalue weighted by Gasteiger charge is 2.38. The normalized spacial score (nSPS) is 14.8. The van der Waals surface area contributed by atoms with Gasteiger partial charge in [-0.25, -0.2) is 8.78 Å². The average Bonchev–Trinajstić information content (AvgIpc) is 2.24. The van der Waals surface area contributed by atoms with Gasteiger partial charge in [0, 0.05) is 0 Å². The van der Waals surface area contributed by atoms with Crippen LogP contribution in [0.1, 0.15) is 22.8 Å². The van der Waals surface area contributed by atoms with Gasteiger partial charge in [-0.05, 0) is 23.8 Å². The van der Waals surface area contributed by atoms with Gasteiger partial charge < -0.3 is 5.11 Å². The number of halogens is 8. The number of hydrogen-bond acceptors (Lipinski definition) is 1. The first-order chi connectivity index (χ1) is 8.43. The van der Waals surface area contributed by atoms with E-state index < -0.39 is 41.6 Å². The SMILES string of the molecule is OC(c1cc(C(F)(F)F)cc(C(F)(F)F)c1)C(F)F. The van der Waals surface area contributed by atoms with Crippen LogP contribution in [0.4, 0.5) is 35.1 Å². The maximum atomic E-state index is 12.4. The molecule has 1 aromatic carbocycles. The van der Waals surface area contributed by atoms with Gasteiger partial charge in [0.2, 0.25) is 0 Å². The molecule has 0 aliphatic heterocycles. The van der Waals surface area contributed by atoms with E-state index in [1.807, 2.05) is 0 Å². The summed E-state index contributed by atoms with van der Waals surface area (Å²) in [4.78, 5) is 0. The second-order valence-corrected chi connectivity index (χ2v) is 3.62. The molecule has 0 spiro atoms. The van der Waals surface area contributed by atoms with E-state index in [2.05, 4.69) is 0 Å². The predicted octanol–water partition coefficient (Wildman–Crippen LogP) is 4.02. The lowest BCUT2D eigenvalue weighted by Crippen LogP contribution is -2.15. The third-order valence-electron chi connectivity index (χ3n) is 2.19.